The van der Waals surface area contributed by atoms with Crippen molar-refractivity contribution in [2.75, 3.05) is 7.11 Å². The van der Waals surface area contributed by atoms with Crippen LogP contribution >= 0.6 is 0 Å². The van der Waals surface area contributed by atoms with Crippen LogP contribution in [0, 0.1) is 0 Å². The van der Waals surface area contributed by atoms with E-state index in [1.54, 1.807) is 19.1 Å². The molecule has 2 unspecified atom stereocenters. The van der Waals surface area contributed by atoms with Gasteiger partial charge in [0.1, 0.15) is 11.5 Å². The van der Waals surface area contributed by atoms with Gasteiger partial charge in [-0.2, -0.15) is 17.6 Å². The van der Waals surface area contributed by atoms with E-state index in [0.29, 0.717) is 17.0 Å². The Labute approximate surface area is 189 Å². The summed E-state index contributed by atoms with van der Waals surface area (Å²) < 4.78 is 72.6. The van der Waals surface area contributed by atoms with Crippen molar-refractivity contribution >= 4 is 21.8 Å². The predicted molar refractivity (Wildman–Crippen MR) is 94.4 cm³/mol. The van der Waals surface area contributed by atoms with E-state index in [1.807, 2.05) is 0 Å². The molecule has 0 saturated heterocycles. The number of rotatable bonds is 7. The number of nitrogens with zero attached hydrogens (tertiary/aromatic N) is 2. The first-order valence-corrected chi connectivity index (χ1v) is 9.18. The van der Waals surface area contributed by atoms with Gasteiger partial charge in [0, 0.05) is 18.3 Å². The minimum Gasteiger partial charge on any atom is -1.00 e. The van der Waals surface area contributed by atoms with Gasteiger partial charge in [-0.05, 0) is 25.1 Å². The maximum absolute atomic E-state index is 13.1. The summed E-state index contributed by atoms with van der Waals surface area (Å²) in [6.45, 7) is 1.68. The van der Waals surface area contributed by atoms with Gasteiger partial charge in [-0.25, -0.2) is 4.98 Å². The van der Waals surface area contributed by atoms with Crippen LogP contribution < -0.4 is 39.0 Å². The molecule has 1 aromatic carbocycles. The van der Waals surface area contributed by atoms with Crippen molar-refractivity contribution in [1.82, 2.24) is 15.0 Å². The molecule has 2 aromatic heterocycles. The topological polar surface area (TPSA) is 77.1 Å². The van der Waals surface area contributed by atoms with E-state index in [-0.39, 0.29) is 41.7 Å². The smallest absolute Gasteiger partial charge is 1.00 e. The quantitative estimate of drug-likeness (QED) is 0.440. The Morgan fingerprint density at radius 1 is 1.21 bits per heavy atom. The van der Waals surface area contributed by atoms with Crippen molar-refractivity contribution in [3.05, 3.63) is 42.2 Å². The fourth-order valence-corrected chi connectivity index (χ4v) is 3.46. The SMILES string of the molecule is COc1ccnc(C(C)S(=O)c2nc3ccc(OC(F)(F)C(F)F)cc3[nH]2)c1.[H-].[Na+]. The summed E-state index contributed by atoms with van der Waals surface area (Å²) >= 11 is 0. The van der Waals surface area contributed by atoms with E-state index < -0.39 is 34.3 Å². The Bertz CT molecular complexity index is 1020. The Kier molecular flexibility index (Phi) is 7.66. The number of H-pyrrole nitrogens is 1. The number of ether oxygens (including phenoxy) is 2. The second-order valence-electron chi connectivity index (χ2n) is 5.75. The summed E-state index contributed by atoms with van der Waals surface area (Å²) in [5.74, 6) is 0.0847. The van der Waals surface area contributed by atoms with Crippen molar-refractivity contribution in [2.24, 2.45) is 0 Å². The molecule has 1 N–H and O–H groups in total. The third kappa shape index (κ3) is 5.27. The number of benzene rings is 1. The zero-order valence-electron chi connectivity index (χ0n) is 16.7. The first-order valence-electron chi connectivity index (χ1n) is 7.96. The van der Waals surface area contributed by atoms with E-state index >= 15 is 0 Å². The molecule has 29 heavy (non-hydrogen) atoms. The molecule has 0 bridgehead atoms. The Morgan fingerprint density at radius 2 is 1.93 bits per heavy atom. The zero-order valence-corrected chi connectivity index (χ0v) is 18.5. The van der Waals surface area contributed by atoms with Gasteiger partial charge in [0.25, 0.3) is 0 Å². The van der Waals surface area contributed by atoms with Gasteiger partial charge in [0.2, 0.25) is 0 Å². The Balaban J connectivity index is 0.00000225. The number of halogens is 4. The number of fused-ring (bicyclic) bond motifs is 1. The van der Waals surface area contributed by atoms with Crippen molar-refractivity contribution in [2.45, 2.75) is 29.9 Å². The van der Waals surface area contributed by atoms with Crippen LogP contribution in [0.25, 0.3) is 11.0 Å². The zero-order chi connectivity index (χ0) is 20.5. The summed E-state index contributed by atoms with van der Waals surface area (Å²) in [4.78, 5) is 11.1. The van der Waals surface area contributed by atoms with Crippen LogP contribution in [-0.4, -0.2) is 38.8 Å². The summed E-state index contributed by atoms with van der Waals surface area (Å²) in [6.07, 6.45) is -7.07. The molecule has 12 heteroatoms. The van der Waals surface area contributed by atoms with Crippen molar-refractivity contribution in [3.8, 4) is 11.5 Å². The van der Waals surface area contributed by atoms with Gasteiger partial charge in [0.15, 0.2) is 5.16 Å². The molecule has 0 aliphatic rings. The van der Waals surface area contributed by atoms with E-state index in [9.17, 15) is 21.8 Å². The van der Waals surface area contributed by atoms with Gasteiger partial charge >= 0.3 is 42.1 Å². The number of hydrogen-bond donors (Lipinski definition) is 1. The molecule has 152 valence electrons. The monoisotopic (exact) mass is 441 g/mol. The minimum atomic E-state index is -4.62. The molecule has 3 rings (SSSR count). The van der Waals surface area contributed by atoms with Crippen LogP contribution in [0.1, 0.15) is 19.3 Å². The molecule has 0 fully saturated rings. The van der Waals surface area contributed by atoms with E-state index in [4.69, 9.17) is 4.74 Å². The van der Waals surface area contributed by atoms with Crippen LogP contribution in [0.4, 0.5) is 17.6 Å². The normalized spacial score (nSPS) is 13.8. The van der Waals surface area contributed by atoms with Crippen LogP contribution in [0.2, 0.25) is 0 Å². The fourth-order valence-electron chi connectivity index (χ4n) is 2.38. The number of imidazole rings is 1. The first-order chi connectivity index (χ1) is 13.2. The molecule has 2 heterocycles. The molecule has 0 aliphatic heterocycles. The van der Waals surface area contributed by atoms with Crippen LogP contribution in [0.15, 0.2) is 41.7 Å². The van der Waals surface area contributed by atoms with Gasteiger partial charge in [0.05, 0.1) is 39.9 Å². The van der Waals surface area contributed by atoms with Gasteiger partial charge in [-0.15, -0.1) is 0 Å². The third-order valence-electron chi connectivity index (χ3n) is 3.86. The molecular weight excluding hydrogens is 425 g/mol. The Morgan fingerprint density at radius 3 is 2.59 bits per heavy atom. The van der Waals surface area contributed by atoms with Crippen molar-refractivity contribution < 1.29 is 62.2 Å². The van der Waals surface area contributed by atoms with Crippen LogP contribution in [0.5, 0.6) is 11.5 Å². The second-order valence-corrected chi connectivity index (χ2v) is 7.43. The average molecular weight is 441 g/mol. The first kappa shape index (κ1) is 23.6. The standard InChI is InChI=1S/C17H15F4N3O3S.Na.H/c1-9(13-7-10(26-2)5-6-22-13)28(25)16-23-12-4-3-11(8-14(12)24-16)27-17(20,21)15(18)19;;/h3-9,15H,1-2H3,(H,23,24);;/q;+1;-1. The average Bonchev–Trinajstić information content (AvgIpc) is 3.09. The molecule has 0 amide bonds. The number of nitrogens with one attached hydrogen (secondary N) is 1. The summed E-state index contributed by atoms with van der Waals surface area (Å²) in [5, 5.41) is -0.459. The van der Waals surface area contributed by atoms with Crippen molar-refractivity contribution in [3.63, 3.8) is 0 Å². The second kappa shape index (κ2) is 9.41. The number of aromatic amines is 1. The Hall–Kier alpha value is -1.69. The number of methoxy groups -OCH3 is 1. The molecule has 3 aromatic rings. The van der Waals surface area contributed by atoms with Crippen LogP contribution in [-0.2, 0) is 10.8 Å². The molecular formula is C17H16F4N3NaO3S. The van der Waals surface area contributed by atoms with E-state index in [1.165, 1.54) is 19.4 Å². The number of aromatic nitrogens is 3. The predicted octanol–water partition coefficient (Wildman–Crippen LogP) is 1.19. The molecule has 0 aliphatic carbocycles. The maximum atomic E-state index is 13.1. The number of alkyl halides is 4. The van der Waals surface area contributed by atoms with Gasteiger partial charge in [-0.1, -0.05) is 0 Å². The minimum absolute atomic E-state index is 0. The summed E-state index contributed by atoms with van der Waals surface area (Å²) in [6, 6.07) is 6.77. The number of hydrogen-bond acceptors (Lipinski definition) is 5. The van der Waals surface area contributed by atoms with Crippen molar-refractivity contribution in [1.29, 1.82) is 0 Å². The molecule has 0 radical (unpaired) electrons. The fraction of sp³-hybridized carbons (Fsp3) is 0.294. The van der Waals surface area contributed by atoms with E-state index in [2.05, 4.69) is 19.7 Å². The van der Waals surface area contributed by atoms with E-state index in [0.717, 1.165) is 12.1 Å². The maximum Gasteiger partial charge on any atom is 1.00 e. The largest absolute Gasteiger partial charge is 1.00 e. The van der Waals surface area contributed by atoms with Gasteiger partial charge < -0.3 is 15.9 Å². The molecule has 0 spiro atoms. The number of pyridine rings is 1. The van der Waals surface area contributed by atoms with Gasteiger partial charge in [-0.3, -0.25) is 9.19 Å². The molecule has 2 atom stereocenters. The summed E-state index contributed by atoms with van der Waals surface area (Å²) in [5.41, 5.74) is 1.05. The molecule has 6 nitrogen and oxygen atoms in total. The third-order valence-corrected chi connectivity index (χ3v) is 5.31. The molecule has 0 saturated carbocycles. The van der Waals surface area contributed by atoms with Crippen LogP contribution in [0.3, 0.4) is 0 Å². The summed E-state index contributed by atoms with van der Waals surface area (Å²) in [7, 11) is -0.151.